The highest BCUT2D eigenvalue weighted by Gasteiger charge is 2.12. The van der Waals surface area contributed by atoms with Crippen LogP contribution in [0, 0.1) is 0 Å². The molecule has 0 spiro atoms. The molecule has 5 heteroatoms. The molecule has 0 saturated carbocycles. The number of imidazole rings is 1. The number of para-hydroxylation sites is 2. The first kappa shape index (κ1) is 18.1. The Morgan fingerprint density at radius 1 is 0.926 bits per heavy atom. The number of aromatic nitrogens is 2. The lowest BCUT2D eigenvalue weighted by atomic mass is 10.2. The highest BCUT2D eigenvalue weighted by atomic mass is 79.9. The summed E-state index contributed by atoms with van der Waals surface area (Å²) in [6, 6.07) is 24.0. The maximum Gasteiger partial charge on any atom is 0.141 e. The third-order valence-electron chi connectivity index (χ3n) is 4.37. The fourth-order valence-corrected chi connectivity index (χ4v) is 3.46. The first-order valence-electron chi connectivity index (χ1n) is 8.80. The van der Waals surface area contributed by atoms with Crippen LogP contribution >= 0.6 is 27.5 Å². The number of hydrogen-bond donors (Lipinski definition) is 0. The molecular weight excluding hydrogens is 424 g/mol. The fraction of sp³-hybridized carbons (Fsp3) is 0.136. The molecule has 0 aliphatic heterocycles. The van der Waals surface area contributed by atoms with Gasteiger partial charge in [0.1, 0.15) is 11.6 Å². The van der Waals surface area contributed by atoms with Gasteiger partial charge in [-0.2, -0.15) is 0 Å². The van der Waals surface area contributed by atoms with E-state index in [1.165, 1.54) is 0 Å². The highest BCUT2D eigenvalue weighted by molar-refractivity contribution is 9.10. The summed E-state index contributed by atoms with van der Waals surface area (Å²) in [4.78, 5) is 4.85. The van der Waals surface area contributed by atoms with Crippen LogP contribution in [0.4, 0.5) is 0 Å². The van der Waals surface area contributed by atoms with Crippen molar-refractivity contribution in [3.8, 4) is 17.1 Å². The van der Waals surface area contributed by atoms with E-state index >= 15 is 0 Å². The summed E-state index contributed by atoms with van der Waals surface area (Å²) in [5, 5.41) is 0.714. The third kappa shape index (κ3) is 4.18. The molecule has 1 heterocycles. The molecule has 3 aromatic carbocycles. The van der Waals surface area contributed by atoms with Crippen LogP contribution in [0.2, 0.25) is 5.02 Å². The van der Waals surface area contributed by atoms with Crippen molar-refractivity contribution < 1.29 is 4.74 Å². The molecule has 0 unspecified atom stereocenters. The van der Waals surface area contributed by atoms with Gasteiger partial charge in [-0.1, -0.05) is 51.8 Å². The molecule has 4 rings (SSSR count). The van der Waals surface area contributed by atoms with Gasteiger partial charge in [0.15, 0.2) is 0 Å². The van der Waals surface area contributed by atoms with Crippen LogP contribution in [0.5, 0.6) is 5.75 Å². The maximum atomic E-state index is 5.91. The van der Waals surface area contributed by atoms with Crippen molar-refractivity contribution in [2.24, 2.45) is 0 Å². The first-order chi connectivity index (χ1) is 13.2. The second-order valence-corrected chi connectivity index (χ2v) is 7.59. The van der Waals surface area contributed by atoms with E-state index in [1.54, 1.807) is 0 Å². The summed E-state index contributed by atoms with van der Waals surface area (Å²) in [5.41, 5.74) is 3.25. The molecule has 27 heavy (non-hydrogen) atoms. The van der Waals surface area contributed by atoms with E-state index in [4.69, 9.17) is 21.3 Å². The smallest absolute Gasteiger partial charge is 0.141 e. The number of rotatable bonds is 6. The highest BCUT2D eigenvalue weighted by Crippen LogP contribution is 2.26. The second kappa shape index (κ2) is 8.15. The normalized spacial score (nSPS) is 11.0. The Hall–Kier alpha value is -2.30. The Kier molecular flexibility index (Phi) is 5.46. The molecule has 0 bridgehead atoms. The van der Waals surface area contributed by atoms with Crippen molar-refractivity contribution in [2.45, 2.75) is 13.0 Å². The zero-order chi connectivity index (χ0) is 18.6. The summed E-state index contributed by atoms with van der Waals surface area (Å²) in [7, 11) is 0. The molecule has 1 aromatic heterocycles. The van der Waals surface area contributed by atoms with Crippen molar-refractivity contribution in [2.75, 3.05) is 6.61 Å². The molecule has 0 atom stereocenters. The molecule has 0 aliphatic carbocycles. The number of fused-ring (bicyclic) bond motifs is 1. The zero-order valence-corrected chi connectivity index (χ0v) is 17.0. The number of aryl methyl sites for hydroxylation is 1. The molecule has 4 aromatic rings. The van der Waals surface area contributed by atoms with Crippen LogP contribution < -0.4 is 4.74 Å². The lowest BCUT2D eigenvalue weighted by molar-refractivity contribution is 0.303. The summed E-state index contributed by atoms with van der Waals surface area (Å²) in [6.45, 7) is 1.47. The molecule has 0 aliphatic rings. The summed E-state index contributed by atoms with van der Waals surface area (Å²) >= 11 is 9.41. The molecule has 0 N–H and O–H groups in total. The van der Waals surface area contributed by atoms with Crippen molar-refractivity contribution in [1.82, 2.24) is 9.55 Å². The first-order valence-corrected chi connectivity index (χ1v) is 9.97. The van der Waals surface area contributed by atoms with Crippen LogP contribution in [0.15, 0.2) is 77.3 Å². The number of ether oxygens (including phenoxy) is 1. The number of halogens is 2. The van der Waals surface area contributed by atoms with E-state index in [9.17, 15) is 0 Å². The fourth-order valence-electron chi connectivity index (χ4n) is 3.06. The van der Waals surface area contributed by atoms with E-state index in [0.717, 1.165) is 45.6 Å². The lowest BCUT2D eigenvalue weighted by Gasteiger charge is -2.11. The summed E-state index contributed by atoms with van der Waals surface area (Å²) in [5.74, 6) is 1.82. The average Bonchev–Trinajstić information content (AvgIpc) is 3.06. The molecule has 3 nitrogen and oxygen atoms in total. The van der Waals surface area contributed by atoms with Gasteiger partial charge in [-0.15, -0.1) is 0 Å². The minimum atomic E-state index is 0.633. The lowest BCUT2D eigenvalue weighted by Crippen LogP contribution is -2.06. The van der Waals surface area contributed by atoms with Gasteiger partial charge in [-0.3, -0.25) is 0 Å². The van der Waals surface area contributed by atoms with E-state index in [2.05, 4.69) is 50.8 Å². The van der Waals surface area contributed by atoms with Crippen molar-refractivity contribution in [1.29, 1.82) is 0 Å². The Morgan fingerprint density at radius 2 is 1.67 bits per heavy atom. The molecule has 0 amide bonds. The van der Waals surface area contributed by atoms with E-state index < -0.39 is 0 Å². The van der Waals surface area contributed by atoms with Crippen LogP contribution in [-0.4, -0.2) is 16.2 Å². The maximum absolute atomic E-state index is 5.91. The SMILES string of the molecule is Clc1ccc(OCCCn2c(-c3ccc(Br)cc3)nc3ccccc32)cc1. The van der Waals surface area contributed by atoms with Gasteiger partial charge in [0, 0.05) is 21.6 Å². The standard InChI is InChI=1S/C22H18BrClN2O/c23-17-8-6-16(7-9-17)22-25-20-4-1-2-5-21(20)26(22)14-3-15-27-19-12-10-18(24)11-13-19/h1-2,4-13H,3,14-15H2. The molecular formula is C22H18BrClN2O. The Bertz CT molecular complexity index is 1040. The van der Waals surface area contributed by atoms with Crippen molar-refractivity contribution in [3.05, 3.63) is 82.3 Å². The second-order valence-electron chi connectivity index (χ2n) is 6.24. The average molecular weight is 442 g/mol. The number of benzene rings is 3. The third-order valence-corrected chi connectivity index (χ3v) is 5.15. The van der Waals surface area contributed by atoms with Crippen LogP contribution in [0.3, 0.4) is 0 Å². The van der Waals surface area contributed by atoms with E-state index in [-0.39, 0.29) is 0 Å². The predicted octanol–water partition coefficient (Wildman–Crippen LogP) is 6.59. The topological polar surface area (TPSA) is 27.1 Å². The minimum Gasteiger partial charge on any atom is -0.494 e. The quantitative estimate of drug-likeness (QED) is 0.316. The summed E-state index contributed by atoms with van der Waals surface area (Å²) in [6.07, 6.45) is 0.881. The van der Waals surface area contributed by atoms with Gasteiger partial charge in [0.05, 0.1) is 17.6 Å². The molecule has 0 radical (unpaired) electrons. The van der Waals surface area contributed by atoms with Gasteiger partial charge in [-0.25, -0.2) is 4.98 Å². The van der Waals surface area contributed by atoms with Gasteiger partial charge in [0.2, 0.25) is 0 Å². The minimum absolute atomic E-state index is 0.633. The van der Waals surface area contributed by atoms with Crippen molar-refractivity contribution >= 4 is 38.6 Å². The Labute approximate surface area is 171 Å². The largest absolute Gasteiger partial charge is 0.494 e. The van der Waals surface area contributed by atoms with Crippen LogP contribution in [0.25, 0.3) is 22.4 Å². The Morgan fingerprint density at radius 3 is 2.44 bits per heavy atom. The van der Waals surface area contributed by atoms with Crippen LogP contribution in [-0.2, 0) is 6.54 Å². The van der Waals surface area contributed by atoms with E-state index in [1.807, 2.05) is 42.5 Å². The van der Waals surface area contributed by atoms with Gasteiger partial charge < -0.3 is 9.30 Å². The molecule has 0 saturated heterocycles. The van der Waals surface area contributed by atoms with Gasteiger partial charge >= 0.3 is 0 Å². The molecule has 136 valence electrons. The Balaban J connectivity index is 1.53. The monoisotopic (exact) mass is 440 g/mol. The number of hydrogen-bond acceptors (Lipinski definition) is 2. The number of nitrogens with zero attached hydrogens (tertiary/aromatic N) is 2. The van der Waals surface area contributed by atoms with Crippen molar-refractivity contribution in [3.63, 3.8) is 0 Å². The molecule has 0 fully saturated rings. The zero-order valence-electron chi connectivity index (χ0n) is 14.6. The van der Waals surface area contributed by atoms with Gasteiger partial charge in [-0.05, 0) is 55.0 Å². The van der Waals surface area contributed by atoms with E-state index in [0.29, 0.717) is 11.6 Å². The van der Waals surface area contributed by atoms with Gasteiger partial charge in [0.25, 0.3) is 0 Å². The van der Waals surface area contributed by atoms with Crippen LogP contribution in [0.1, 0.15) is 6.42 Å². The predicted molar refractivity (Wildman–Crippen MR) is 114 cm³/mol. The summed E-state index contributed by atoms with van der Waals surface area (Å²) < 4.78 is 9.16.